The first-order valence-electron chi connectivity index (χ1n) is 7.09. The number of rotatable bonds is 3. The van der Waals surface area contributed by atoms with E-state index in [1.165, 1.54) is 25.7 Å². The highest BCUT2D eigenvalue weighted by Crippen LogP contribution is 2.51. The Morgan fingerprint density at radius 2 is 2.18 bits per heavy atom. The summed E-state index contributed by atoms with van der Waals surface area (Å²) in [7, 11) is 0. The van der Waals surface area contributed by atoms with Crippen molar-refractivity contribution in [1.82, 2.24) is 10.6 Å². The third-order valence-electron chi connectivity index (χ3n) is 5.27. The summed E-state index contributed by atoms with van der Waals surface area (Å²) in [5, 5.41) is 6.56. The second-order valence-electron chi connectivity index (χ2n) is 6.88. The molecule has 2 N–H and O–H groups in total. The Balaban J connectivity index is 1.49. The zero-order valence-electron chi connectivity index (χ0n) is 11.0. The molecule has 2 aliphatic carbocycles. The molecule has 0 radical (unpaired) electrons. The summed E-state index contributed by atoms with van der Waals surface area (Å²) in [6, 6.07) is 0.101. The number of nitrogens with one attached hydrogen (secondary N) is 2. The monoisotopic (exact) mass is 236 g/mol. The predicted octanol–water partition coefficient (Wildman–Crippen LogP) is 1.54. The lowest BCUT2D eigenvalue weighted by Gasteiger charge is -2.18. The Hall–Kier alpha value is -0.570. The first-order chi connectivity index (χ1) is 8.08. The maximum absolute atomic E-state index is 12.2. The van der Waals surface area contributed by atoms with Crippen LogP contribution >= 0.6 is 0 Å². The van der Waals surface area contributed by atoms with Crippen LogP contribution in [0.2, 0.25) is 0 Å². The zero-order valence-corrected chi connectivity index (χ0v) is 11.0. The van der Waals surface area contributed by atoms with Gasteiger partial charge in [0, 0.05) is 6.54 Å². The normalized spacial score (nSPS) is 42.2. The number of hydrogen-bond acceptors (Lipinski definition) is 2. The average Bonchev–Trinajstić information content (AvgIpc) is 2.70. The molecule has 3 rings (SSSR count). The van der Waals surface area contributed by atoms with Crippen LogP contribution in [0.15, 0.2) is 0 Å². The van der Waals surface area contributed by atoms with Crippen LogP contribution in [0.3, 0.4) is 0 Å². The number of fused-ring (bicyclic) bond motifs is 1. The van der Waals surface area contributed by atoms with Gasteiger partial charge in [0.05, 0.1) is 6.04 Å². The Labute approximate surface area is 104 Å². The minimum atomic E-state index is 0.101. The van der Waals surface area contributed by atoms with Crippen molar-refractivity contribution in [2.45, 2.75) is 45.6 Å². The topological polar surface area (TPSA) is 41.1 Å². The molecule has 0 aromatic rings. The lowest BCUT2D eigenvalue weighted by molar-refractivity contribution is -0.123. The van der Waals surface area contributed by atoms with Crippen LogP contribution in [0.25, 0.3) is 0 Å². The largest absolute Gasteiger partial charge is 0.354 e. The third kappa shape index (κ3) is 2.10. The van der Waals surface area contributed by atoms with Gasteiger partial charge < -0.3 is 10.6 Å². The van der Waals surface area contributed by atoms with Crippen LogP contribution in [0, 0.1) is 23.2 Å². The molecule has 1 saturated heterocycles. The molecule has 3 nitrogen and oxygen atoms in total. The molecule has 3 heteroatoms. The first kappa shape index (κ1) is 11.5. The molecule has 0 spiro atoms. The summed E-state index contributed by atoms with van der Waals surface area (Å²) in [5.74, 6) is 2.33. The van der Waals surface area contributed by atoms with Crippen LogP contribution in [0.5, 0.6) is 0 Å². The Morgan fingerprint density at radius 3 is 2.88 bits per heavy atom. The van der Waals surface area contributed by atoms with Crippen molar-refractivity contribution in [3.8, 4) is 0 Å². The van der Waals surface area contributed by atoms with Gasteiger partial charge in [-0.05, 0) is 49.0 Å². The summed E-state index contributed by atoms with van der Waals surface area (Å²) >= 11 is 0. The number of carbonyl (C=O) groups is 1. The highest BCUT2D eigenvalue weighted by Gasteiger charge is 2.46. The summed E-state index contributed by atoms with van der Waals surface area (Å²) < 4.78 is 0. The quantitative estimate of drug-likeness (QED) is 0.780. The van der Waals surface area contributed by atoms with Crippen LogP contribution in [-0.2, 0) is 4.79 Å². The minimum absolute atomic E-state index is 0.101. The highest BCUT2D eigenvalue weighted by atomic mass is 16.2. The fraction of sp³-hybridized carbons (Fsp3) is 0.929. The predicted molar refractivity (Wildman–Crippen MR) is 67.5 cm³/mol. The molecule has 4 unspecified atom stereocenters. The van der Waals surface area contributed by atoms with Gasteiger partial charge in [-0.2, -0.15) is 0 Å². The molecule has 1 aliphatic heterocycles. The number of carbonyl (C=O) groups excluding carboxylic acids is 1. The van der Waals surface area contributed by atoms with Crippen molar-refractivity contribution in [3.63, 3.8) is 0 Å². The molecule has 96 valence electrons. The van der Waals surface area contributed by atoms with Gasteiger partial charge in [-0.1, -0.05) is 20.3 Å². The number of amides is 1. The molecule has 1 heterocycles. The van der Waals surface area contributed by atoms with E-state index in [1.807, 2.05) is 0 Å². The lowest BCUT2D eigenvalue weighted by Crippen LogP contribution is -2.44. The van der Waals surface area contributed by atoms with E-state index in [2.05, 4.69) is 24.5 Å². The van der Waals surface area contributed by atoms with E-state index in [-0.39, 0.29) is 11.9 Å². The molecule has 3 aliphatic rings. The SMILES string of the molecule is CC1(C)CC1CNC(=O)C1NCC2CCCC21. The highest BCUT2D eigenvalue weighted by molar-refractivity contribution is 5.82. The van der Waals surface area contributed by atoms with E-state index in [0.29, 0.717) is 17.3 Å². The van der Waals surface area contributed by atoms with Gasteiger partial charge in [0.1, 0.15) is 0 Å². The Kier molecular flexibility index (Phi) is 2.69. The molecule has 0 aromatic carbocycles. The first-order valence-corrected chi connectivity index (χ1v) is 7.09. The zero-order chi connectivity index (χ0) is 12.0. The van der Waals surface area contributed by atoms with Crippen molar-refractivity contribution >= 4 is 5.91 Å². The standard InChI is InChI=1S/C14H24N2O/c1-14(2)6-10(14)8-16-13(17)12-11-5-3-4-9(11)7-15-12/h9-12,15H,3-8H2,1-2H3,(H,16,17). The second-order valence-corrected chi connectivity index (χ2v) is 6.88. The van der Waals surface area contributed by atoms with E-state index in [9.17, 15) is 4.79 Å². The minimum Gasteiger partial charge on any atom is -0.354 e. The fourth-order valence-corrected chi connectivity index (χ4v) is 3.73. The van der Waals surface area contributed by atoms with E-state index in [1.54, 1.807) is 0 Å². The molecular weight excluding hydrogens is 212 g/mol. The van der Waals surface area contributed by atoms with Gasteiger partial charge in [-0.15, -0.1) is 0 Å². The summed E-state index contributed by atoms with van der Waals surface area (Å²) in [6.07, 6.45) is 5.13. The Bertz CT molecular complexity index is 326. The van der Waals surface area contributed by atoms with Gasteiger partial charge in [0.25, 0.3) is 0 Å². The second kappa shape index (κ2) is 3.98. The molecule has 0 bridgehead atoms. The van der Waals surface area contributed by atoms with Crippen molar-refractivity contribution in [2.24, 2.45) is 23.2 Å². The van der Waals surface area contributed by atoms with Crippen LogP contribution in [0.4, 0.5) is 0 Å². The van der Waals surface area contributed by atoms with Crippen molar-refractivity contribution in [1.29, 1.82) is 0 Å². The van der Waals surface area contributed by atoms with E-state index in [0.717, 1.165) is 19.0 Å². The van der Waals surface area contributed by atoms with Crippen molar-refractivity contribution < 1.29 is 4.79 Å². The van der Waals surface area contributed by atoms with Gasteiger partial charge in [0.2, 0.25) is 5.91 Å². The summed E-state index contributed by atoms with van der Waals surface area (Å²) in [5.41, 5.74) is 0.465. The van der Waals surface area contributed by atoms with Gasteiger partial charge in [0.15, 0.2) is 0 Å². The maximum Gasteiger partial charge on any atom is 0.237 e. The van der Waals surface area contributed by atoms with Gasteiger partial charge >= 0.3 is 0 Å². The fourth-order valence-electron chi connectivity index (χ4n) is 3.73. The van der Waals surface area contributed by atoms with E-state index in [4.69, 9.17) is 0 Å². The smallest absolute Gasteiger partial charge is 0.237 e. The third-order valence-corrected chi connectivity index (χ3v) is 5.27. The molecule has 4 atom stereocenters. The molecule has 1 amide bonds. The van der Waals surface area contributed by atoms with E-state index < -0.39 is 0 Å². The van der Waals surface area contributed by atoms with Gasteiger partial charge in [-0.3, -0.25) is 4.79 Å². The Morgan fingerprint density at radius 1 is 1.41 bits per heavy atom. The number of hydrogen-bond donors (Lipinski definition) is 2. The lowest BCUT2D eigenvalue weighted by atomic mass is 9.93. The van der Waals surface area contributed by atoms with Crippen molar-refractivity contribution in [2.75, 3.05) is 13.1 Å². The maximum atomic E-state index is 12.2. The van der Waals surface area contributed by atoms with Crippen LogP contribution < -0.4 is 10.6 Å². The molecule has 17 heavy (non-hydrogen) atoms. The average molecular weight is 236 g/mol. The summed E-state index contributed by atoms with van der Waals surface area (Å²) in [4.78, 5) is 12.2. The van der Waals surface area contributed by atoms with E-state index >= 15 is 0 Å². The van der Waals surface area contributed by atoms with Gasteiger partial charge in [-0.25, -0.2) is 0 Å². The van der Waals surface area contributed by atoms with Crippen LogP contribution in [0.1, 0.15) is 39.5 Å². The summed E-state index contributed by atoms with van der Waals surface area (Å²) in [6.45, 7) is 6.49. The van der Waals surface area contributed by atoms with Crippen molar-refractivity contribution in [3.05, 3.63) is 0 Å². The molecule has 2 saturated carbocycles. The molecule has 0 aromatic heterocycles. The van der Waals surface area contributed by atoms with Crippen LogP contribution in [-0.4, -0.2) is 25.0 Å². The molecule has 3 fully saturated rings. The molecular formula is C14H24N2O.